The van der Waals surface area contributed by atoms with E-state index in [4.69, 9.17) is 9.47 Å². The summed E-state index contributed by atoms with van der Waals surface area (Å²) in [6, 6.07) is 7.49. The smallest absolute Gasteiger partial charge is 0.227 e. The number of hydrogen-bond acceptors (Lipinski definition) is 5. The normalized spacial score (nSPS) is 18.2. The molecule has 0 aliphatic carbocycles. The molecule has 8 heteroatoms. The molecule has 1 fully saturated rings. The molecule has 0 saturated carbocycles. The van der Waals surface area contributed by atoms with Gasteiger partial charge in [0.25, 0.3) is 0 Å². The molecule has 1 aromatic carbocycles. The molecule has 8 nitrogen and oxygen atoms in total. The van der Waals surface area contributed by atoms with Crippen molar-refractivity contribution in [3.63, 3.8) is 0 Å². The molecule has 154 valence electrons. The summed E-state index contributed by atoms with van der Waals surface area (Å²) in [5, 5.41) is 7.38. The first-order valence-corrected chi connectivity index (χ1v) is 10.00. The predicted octanol–water partition coefficient (Wildman–Crippen LogP) is 1.83. The summed E-state index contributed by atoms with van der Waals surface area (Å²) >= 11 is 0. The van der Waals surface area contributed by atoms with Crippen molar-refractivity contribution in [1.82, 2.24) is 15.1 Å². The monoisotopic (exact) mass is 398 g/mol. The van der Waals surface area contributed by atoms with Gasteiger partial charge in [0.15, 0.2) is 11.5 Å². The van der Waals surface area contributed by atoms with Crippen LogP contribution in [0, 0.1) is 19.8 Å². The second kappa shape index (κ2) is 8.14. The lowest BCUT2D eigenvalue weighted by Crippen LogP contribution is -2.34. The molecular weight excluding hydrogens is 372 g/mol. The maximum absolute atomic E-state index is 12.5. The number of nitrogens with one attached hydrogen (secondary N) is 1. The van der Waals surface area contributed by atoms with Crippen molar-refractivity contribution < 1.29 is 19.1 Å². The maximum Gasteiger partial charge on any atom is 0.227 e. The van der Waals surface area contributed by atoms with Crippen LogP contribution >= 0.6 is 0 Å². The van der Waals surface area contributed by atoms with Crippen LogP contribution in [0.5, 0.6) is 11.5 Å². The standard InChI is InChI=1S/C21H26N4O4/c1-14-10-15(2)25(23-14)7-3-6-22-21(27)16-11-20(26)24(13-16)17-4-5-18-19(12-17)29-9-8-28-18/h4-5,10,12,16H,3,6-9,11,13H2,1-2H3,(H,22,27)/t16-/m1/s1. The summed E-state index contributed by atoms with van der Waals surface area (Å²) in [7, 11) is 0. The first kappa shape index (κ1) is 19.3. The molecule has 1 atom stereocenters. The first-order chi connectivity index (χ1) is 14.0. The van der Waals surface area contributed by atoms with Gasteiger partial charge in [0.05, 0.1) is 11.6 Å². The van der Waals surface area contributed by atoms with Gasteiger partial charge in [-0.05, 0) is 38.5 Å². The van der Waals surface area contributed by atoms with Crippen LogP contribution in [0.4, 0.5) is 5.69 Å². The van der Waals surface area contributed by atoms with Crippen LogP contribution in [-0.4, -0.2) is 47.9 Å². The highest BCUT2D eigenvalue weighted by Crippen LogP contribution is 2.35. The number of anilines is 1. The van der Waals surface area contributed by atoms with Crippen molar-refractivity contribution in [3.8, 4) is 11.5 Å². The summed E-state index contributed by atoms with van der Waals surface area (Å²) in [6.45, 7) is 6.70. The number of rotatable bonds is 6. The highest BCUT2D eigenvalue weighted by Gasteiger charge is 2.35. The van der Waals surface area contributed by atoms with E-state index in [2.05, 4.69) is 10.4 Å². The Morgan fingerprint density at radius 3 is 2.76 bits per heavy atom. The molecule has 0 radical (unpaired) electrons. The van der Waals surface area contributed by atoms with Crippen molar-refractivity contribution in [1.29, 1.82) is 0 Å². The van der Waals surface area contributed by atoms with E-state index < -0.39 is 0 Å². The second-order valence-corrected chi connectivity index (χ2v) is 7.53. The predicted molar refractivity (Wildman–Crippen MR) is 107 cm³/mol. The zero-order chi connectivity index (χ0) is 20.4. The van der Waals surface area contributed by atoms with Gasteiger partial charge in [0.1, 0.15) is 13.2 Å². The summed E-state index contributed by atoms with van der Waals surface area (Å²) in [5.41, 5.74) is 2.85. The highest BCUT2D eigenvalue weighted by atomic mass is 16.6. The quantitative estimate of drug-likeness (QED) is 0.751. The van der Waals surface area contributed by atoms with E-state index in [9.17, 15) is 9.59 Å². The van der Waals surface area contributed by atoms with Gasteiger partial charge in [-0.3, -0.25) is 14.3 Å². The van der Waals surface area contributed by atoms with Crippen LogP contribution in [0.1, 0.15) is 24.2 Å². The summed E-state index contributed by atoms with van der Waals surface area (Å²) in [5.74, 6) is 0.850. The van der Waals surface area contributed by atoms with Crippen LogP contribution in [0.25, 0.3) is 0 Å². The van der Waals surface area contributed by atoms with Crippen molar-refractivity contribution in [2.45, 2.75) is 33.2 Å². The van der Waals surface area contributed by atoms with Crippen LogP contribution in [-0.2, 0) is 16.1 Å². The minimum absolute atomic E-state index is 0.0514. The molecule has 4 rings (SSSR count). The third-order valence-electron chi connectivity index (χ3n) is 5.28. The van der Waals surface area contributed by atoms with Gasteiger partial charge in [-0.1, -0.05) is 0 Å². The molecule has 0 spiro atoms. The van der Waals surface area contributed by atoms with Crippen LogP contribution in [0.3, 0.4) is 0 Å². The van der Waals surface area contributed by atoms with E-state index >= 15 is 0 Å². The van der Waals surface area contributed by atoms with Crippen molar-refractivity contribution in [3.05, 3.63) is 35.7 Å². The molecular formula is C21H26N4O4. The average Bonchev–Trinajstić information content (AvgIpc) is 3.26. The fourth-order valence-corrected chi connectivity index (χ4v) is 3.82. The Kier molecular flexibility index (Phi) is 5.42. The molecule has 2 aliphatic rings. The fraction of sp³-hybridized carbons (Fsp3) is 0.476. The number of nitrogens with zero attached hydrogens (tertiary/aromatic N) is 3. The lowest BCUT2D eigenvalue weighted by atomic mass is 10.1. The van der Waals surface area contributed by atoms with E-state index in [1.54, 1.807) is 11.0 Å². The minimum Gasteiger partial charge on any atom is -0.486 e. The number of carbonyl (C=O) groups is 2. The summed E-state index contributed by atoms with van der Waals surface area (Å²) in [4.78, 5) is 26.7. The topological polar surface area (TPSA) is 85.7 Å². The Bertz CT molecular complexity index is 923. The van der Waals surface area contributed by atoms with Crippen molar-refractivity contribution in [2.24, 2.45) is 5.92 Å². The minimum atomic E-state index is -0.343. The van der Waals surface area contributed by atoms with Crippen LogP contribution in [0.2, 0.25) is 0 Å². The Hall–Kier alpha value is -3.03. The van der Waals surface area contributed by atoms with Gasteiger partial charge >= 0.3 is 0 Å². The Morgan fingerprint density at radius 1 is 1.21 bits per heavy atom. The lowest BCUT2D eigenvalue weighted by molar-refractivity contribution is -0.126. The molecule has 2 aromatic rings. The molecule has 1 aromatic heterocycles. The third-order valence-corrected chi connectivity index (χ3v) is 5.28. The molecule has 0 bridgehead atoms. The Labute approximate surface area is 169 Å². The zero-order valence-electron chi connectivity index (χ0n) is 16.8. The van der Waals surface area contributed by atoms with Gasteiger partial charge in [0.2, 0.25) is 11.8 Å². The number of amides is 2. The summed E-state index contributed by atoms with van der Waals surface area (Å²) < 4.78 is 13.1. The molecule has 0 unspecified atom stereocenters. The number of hydrogen-bond donors (Lipinski definition) is 1. The van der Waals surface area contributed by atoms with Crippen LogP contribution < -0.4 is 19.7 Å². The summed E-state index contributed by atoms with van der Waals surface area (Å²) in [6.07, 6.45) is 1.01. The SMILES string of the molecule is Cc1cc(C)n(CCCNC(=O)[C@@H]2CC(=O)N(c3ccc4c(c3)OCCO4)C2)n1. The first-order valence-electron chi connectivity index (χ1n) is 10.00. The number of aryl methyl sites for hydroxylation is 3. The highest BCUT2D eigenvalue weighted by molar-refractivity contribution is 6.00. The molecule has 1 N–H and O–H groups in total. The van der Waals surface area contributed by atoms with E-state index in [0.29, 0.717) is 37.8 Å². The molecule has 29 heavy (non-hydrogen) atoms. The van der Waals surface area contributed by atoms with Gasteiger partial charge in [-0.2, -0.15) is 5.10 Å². The third kappa shape index (κ3) is 4.21. The van der Waals surface area contributed by atoms with E-state index in [1.807, 2.05) is 36.7 Å². The molecule has 3 heterocycles. The van der Waals surface area contributed by atoms with E-state index in [-0.39, 0.29) is 24.2 Å². The average molecular weight is 398 g/mol. The molecule has 2 aliphatic heterocycles. The molecule has 2 amide bonds. The van der Waals surface area contributed by atoms with Gasteiger partial charge in [-0.25, -0.2) is 0 Å². The van der Waals surface area contributed by atoms with Gasteiger partial charge in [0, 0.05) is 43.5 Å². The lowest BCUT2D eigenvalue weighted by Gasteiger charge is -2.22. The Morgan fingerprint density at radius 2 is 2.00 bits per heavy atom. The zero-order valence-corrected chi connectivity index (χ0v) is 16.8. The van der Waals surface area contributed by atoms with Crippen molar-refractivity contribution >= 4 is 17.5 Å². The van der Waals surface area contributed by atoms with Gasteiger partial charge in [-0.15, -0.1) is 0 Å². The number of carbonyl (C=O) groups excluding carboxylic acids is 2. The van der Waals surface area contributed by atoms with E-state index in [0.717, 1.165) is 30.0 Å². The maximum atomic E-state index is 12.5. The second-order valence-electron chi connectivity index (χ2n) is 7.53. The number of benzene rings is 1. The van der Waals surface area contributed by atoms with Crippen LogP contribution in [0.15, 0.2) is 24.3 Å². The number of ether oxygens (including phenoxy) is 2. The fourth-order valence-electron chi connectivity index (χ4n) is 3.82. The van der Waals surface area contributed by atoms with Gasteiger partial charge < -0.3 is 19.7 Å². The number of aromatic nitrogens is 2. The van der Waals surface area contributed by atoms with E-state index in [1.165, 1.54) is 0 Å². The Balaban J connectivity index is 1.29. The van der Waals surface area contributed by atoms with Crippen molar-refractivity contribution in [2.75, 3.05) is 31.2 Å². The largest absolute Gasteiger partial charge is 0.486 e. The number of fused-ring (bicyclic) bond motifs is 1. The molecule has 1 saturated heterocycles.